The van der Waals surface area contributed by atoms with Crippen molar-refractivity contribution < 1.29 is 23.1 Å². The van der Waals surface area contributed by atoms with Gasteiger partial charge in [0.05, 0.1) is 27.8 Å². The first-order chi connectivity index (χ1) is 12.7. The number of carbonyl (C=O) groups is 2. The lowest BCUT2D eigenvalue weighted by atomic mass is 10.2. The van der Waals surface area contributed by atoms with Crippen LogP contribution in [0.3, 0.4) is 0 Å². The summed E-state index contributed by atoms with van der Waals surface area (Å²) in [6.07, 6.45) is 0.834. The number of anilines is 1. The molecule has 0 aliphatic heterocycles. The number of rotatable bonds is 7. The number of thiophene rings is 1. The van der Waals surface area contributed by atoms with Gasteiger partial charge in [-0.15, -0.1) is 11.3 Å². The molecule has 146 valence electrons. The van der Waals surface area contributed by atoms with Crippen LogP contribution in [0.15, 0.2) is 29.2 Å². The molecule has 0 radical (unpaired) electrons. The summed E-state index contributed by atoms with van der Waals surface area (Å²) in [5.41, 5.74) is 1.01. The van der Waals surface area contributed by atoms with E-state index in [1.54, 1.807) is 6.07 Å². The lowest BCUT2D eigenvalue weighted by Gasteiger charge is -2.10. The molecule has 0 fully saturated rings. The average molecular weight is 411 g/mol. The summed E-state index contributed by atoms with van der Waals surface area (Å²) in [5.74, 6) is -1.29. The third-order valence-corrected chi connectivity index (χ3v) is 7.07. The Morgan fingerprint density at radius 2 is 1.89 bits per heavy atom. The van der Waals surface area contributed by atoms with Crippen LogP contribution in [0.5, 0.6) is 5.75 Å². The summed E-state index contributed by atoms with van der Waals surface area (Å²) in [4.78, 5) is 25.9. The second-order valence-electron chi connectivity index (χ2n) is 5.88. The minimum absolute atomic E-state index is 0.00305. The van der Waals surface area contributed by atoms with Crippen molar-refractivity contribution in [3.05, 3.63) is 39.6 Å². The number of sulfone groups is 1. The number of aromatic hydroxyl groups is 1. The molecule has 3 N–H and O–H groups in total. The molecular formula is C18H22N2O5S2. The van der Waals surface area contributed by atoms with Gasteiger partial charge >= 0.3 is 0 Å². The number of carbonyl (C=O) groups excluding carboxylic acids is 2. The zero-order chi connectivity index (χ0) is 20.2. The van der Waals surface area contributed by atoms with Gasteiger partial charge in [-0.1, -0.05) is 13.8 Å². The van der Waals surface area contributed by atoms with Gasteiger partial charge in [0.1, 0.15) is 5.75 Å². The molecule has 0 atom stereocenters. The van der Waals surface area contributed by atoms with E-state index in [4.69, 9.17) is 0 Å². The van der Waals surface area contributed by atoms with E-state index in [0.29, 0.717) is 4.88 Å². The zero-order valence-electron chi connectivity index (χ0n) is 15.3. The third kappa shape index (κ3) is 5.08. The number of aryl methyl sites for hydroxylation is 2. The highest BCUT2D eigenvalue weighted by Gasteiger charge is 2.16. The van der Waals surface area contributed by atoms with Crippen molar-refractivity contribution in [2.45, 2.75) is 32.1 Å². The molecule has 0 saturated carbocycles. The normalized spacial score (nSPS) is 11.2. The Labute approximate surface area is 162 Å². The Kier molecular flexibility index (Phi) is 6.61. The maximum absolute atomic E-state index is 12.2. The van der Waals surface area contributed by atoms with Crippen molar-refractivity contribution in [1.82, 2.24) is 5.32 Å². The highest BCUT2D eigenvalue weighted by Crippen LogP contribution is 2.27. The van der Waals surface area contributed by atoms with E-state index >= 15 is 0 Å². The molecule has 1 aromatic carbocycles. The second kappa shape index (κ2) is 8.53. The van der Waals surface area contributed by atoms with Crippen LogP contribution in [-0.2, 0) is 21.1 Å². The average Bonchev–Trinajstić information content (AvgIpc) is 3.02. The number of hydrogen-bond acceptors (Lipinski definition) is 6. The molecule has 2 aromatic rings. The molecular weight excluding hydrogens is 388 g/mol. The summed E-state index contributed by atoms with van der Waals surface area (Å²) >= 11 is 1.38. The van der Waals surface area contributed by atoms with Gasteiger partial charge in [-0.05, 0) is 43.2 Å². The molecule has 0 spiro atoms. The smallest absolute Gasteiger partial charge is 0.261 e. The van der Waals surface area contributed by atoms with Crippen LogP contribution in [0.2, 0.25) is 0 Å². The molecule has 27 heavy (non-hydrogen) atoms. The van der Waals surface area contributed by atoms with E-state index in [9.17, 15) is 23.1 Å². The molecule has 0 aliphatic carbocycles. The Morgan fingerprint density at radius 1 is 1.19 bits per heavy atom. The van der Waals surface area contributed by atoms with E-state index in [2.05, 4.69) is 10.6 Å². The lowest BCUT2D eigenvalue weighted by molar-refractivity contribution is -0.115. The van der Waals surface area contributed by atoms with Crippen molar-refractivity contribution >= 4 is 38.7 Å². The van der Waals surface area contributed by atoms with Gasteiger partial charge in [-0.25, -0.2) is 8.42 Å². The van der Waals surface area contributed by atoms with Gasteiger partial charge in [-0.3, -0.25) is 9.59 Å². The van der Waals surface area contributed by atoms with E-state index in [1.807, 2.05) is 13.8 Å². The first kappa shape index (κ1) is 20.9. The van der Waals surface area contributed by atoms with Gasteiger partial charge in [0, 0.05) is 4.88 Å². The van der Waals surface area contributed by atoms with E-state index in [0.717, 1.165) is 16.9 Å². The minimum atomic E-state index is -3.47. The lowest BCUT2D eigenvalue weighted by Crippen LogP contribution is -2.32. The largest absolute Gasteiger partial charge is 0.506 e. The first-order valence-electron chi connectivity index (χ1n) is 8.41. The molecule has 0 bridgehead atoms. The van der Waals surface area contributed by atoms with E-state index < -0.39 is 15.7 Å². The van der Waals surface area contributed by atoms with E-state index in [-0.39, 0.29) is 34.5 Å². The molecule has 0 aliphatic rings. The van der Waals surface area contributed by atoms with Crippen LogP contribution < -0.4 is 10.6 Å². The standard InChI is InChI=1S/C18H22N2O5S2/c1-4-15-11(3)8-16(26-15)18(23)19-10-17(22)20-13-9-12(6-7-14(13)21)27(24,25)5-2/h6-9,21H,4-5,10H2,1-3H3,(H,19,23)(H,20,22). The van der Waals surface area contributed by atoms with Crippen LogP contribution in [0, 0.1) is 6.92 Å². The number of nitrogens with one attached hydrogen (secondary N) is 2. The number of phenolic OH excluding ortho intramolecular Hbond substituents is 1. The van der Waals surface area contributed by atoms with Crippen molar-refractivity contribution in [2.24, 2.45) is 0 Å². The van der Waals surface area contributed by atoms with Crippen LogP contribution >= 0.6 is 11.3 Å². The number of benzene rings is 1. The Balaban J connectivity index is 2.03. The van der Waals surface area contributed by atoms with Crippen LogP contribution in [0.25, 0.3) is 0 Å². The maximum atomic E-state index is 12.2. The number of hydrogen-bond donors (Lipinski definition) is 3. The van der Waals surface area contributed by atoms with Gasteiger partial charge < -0.3 is 15.7 Å². The fraction of sp³-hybridized carbons (Fsp3) is 0.333. The van der Waals surface area contributed by atoms with Gasteiger partial charge in [0.15, 0.2) is 9.84 Å². The summed E-state index contributed by atoms with van der Waals surface area (Å²) in [5, 5.41) is 14.8. The number of phenols is 1. The SMILES string of the molecule is CCc1sc(C(=O)NCC(=O)Nc2cc(S(=O)(=O)CC)ccc2O)cc1C. The zero-order valence-corrected chi connectivity index (χ0v) is 17.0. The first-order valence-corrected chi connectivity index (χ1v) is 10.9. The number of amides is 2. The summed E-state index contributed by atoms with van der Waals surface area (Å²) in [6.45, 7) is 5.14. The summed E-state index contributed by atoms with van der Waals surface area (Å²) < 4.78 is 23.9. The molecule has 9 heteroatoms. The van der Waals surface area contributed by atoms with Crippen molar-refractivity contribution in [3.63, 3.8) is 0 Å². The fourth-order valence-corrected chi connectivity index (χ4v) is 4.34. The molecule has 2 amide bonds. The van der Waals surface area contributed by atoms with Crippen LogP contribution in [0.4, 0.5) is 5.69 Å². The predicted octanol–water partition coefficient (Wildman–Crippen LogP) is 2.49. The molecule has 1 aromatic heterocycles. The van der Waals surface area contributed by atoms with Gasteiger partial charge in [0.25, 0.3) is 5.91 Å². The van der Waals surface area contributed by atoms with E-state index in [1.165, 1.54) is 36.5 Å². The van der Waals surface area contributed by atoms with Crippen LogP contribution in [0.1, 0.15) is 34.0 Å². The van der Waals surface area contributed by atoms with Crippen molar-refractivity contribution in [2.75, 3.05) is 17.6 Å². The van der Waals surface area contributed by atoms with Crippen molar-refractivity contribution in [3.8, 4) is 5.75 Å². The molecule has 7 nitrogen and oxygen atoms in total. The summed E-state index contributed by atoms with van der Waals surface area (Å²) in [6, 6.07) is 5.46. The van der Waals surface area contributed by atoms with Crippen molar-refractivity contribution in [1.29, 1.82) is 0 Å². The highest BCUT2D eigenvalue weighted by atomic mass is 32.2. The quantitative estimate of drug-likeness (QED) is 0.607. The van der Waals surface area contributed by atoms with Crippen LogP contribution in [-0.4, -0.2) is 37.6 Å². The molecule has 0 saturated heterocycles. The Hall–Kier alpha value is -2.39. The third-order valence-electron chi connectivity index (χ3n) is 3.96. The fourth-order valence-electron chi connectivity index (χ4n) is 2.40. The monoisotopic (exact) mass is 410 g/mol. The summed E-state index contributed by atoms with van der Waals surface area (Å²) in [7, 11) is -3.47. The van der Waals surface area contributed by atoms with Gasteiger partial charge in [-0.2, -0.15) is 0 Å². The predicted molar refractivity (Wildman–Crippen MR) is 105 cm³/mol. The molecule has 1 heterocycles. The second-order valence-corrected chi connectivity index (χ2v) is 9.30. The Morgan fingerprint density at radius 3 is 2.48 bits per heavy atom. The van der Waals surface area contributed by atoms with Gasteiger partial charge in [0.2, 0.25) is 5.91 Å². The Bertz CT molecular complexity index is 964. The maximum Gasteiger partial charge on any atom is 0.261 e. The minimum Gasteiger partial charge on any atom is -0.506 e. The molecule has 2 rings (SSSR count). The molecule has 0 unspecified atom stereocenters. The highest BCUT2D eigenvalue weighted by molar-refractivity contribution is 7.91. The topological polar surface area (TPSA) is 113 Å².